The van der Waals surface area contributed by atoms with Gasteiger partial charge < -0.3 is 8.98 Å². The van der Waals surface area contributed by atoms with Crippen molar-refractivity contribution in [2.75, 3.05) is 0 Å². The lowest BCUT2D eigenvalue weighted by Crippen LogP contribution is -1.93. The zero-order valence-corrected chi connectivity index (χ0v) is 21.4. The fraction of sp³-hybridized carbons (Fsp3) is 0. The number of furan rings is 1. The number of para-hydroxylation sites is 2. The van der Waals surface area contributed by atoms with Gasteiger partial charge in [-0.1, -0.05) is 54.6 Å². The Balaban J connectivity index is 1.29. The van der Waals surface area contributed by atoms with Gasteiger partial charge in [-0.15, -0.1) is 0 Å². The third kappa shape index (κ3) is 3.42. The summed E-state index contributed by atoms with van der Waals surface area (Å²) in [6, 6.07) is 41.8. The van der Waals surface area contributed by atoms with Crippen molar-refractivity contribution in [2.24, 2.45) is 0 Å². The van der Waals surface area contributed by atoms with Gasteiger partial charge in [0.1, 0.15) is 11.2 Å². The minimum Gasteiger partial charge on any atom is -0.456 e. The molecule has 3 aromatic heterocycles. The highest BCUT2D eigenvalue weighted by molar-refractivity contribution is 6.11. The number of aromatic nitrogens is 2. The molecule has 4 nitrogen and oxygen atoms in total. The molecule has 0 bridgehead atoms. The zero-order chi connectivity index (χ0) is 26.6. The first-order valence-electron chi connectivity index (χ1n) is 13.2. The molecule has 8 rings (SSSR count). The summed E-state index contributed by atoms with van der Waals surface area (Å²) in [4.78, 5) is 4.52. The van der Waals surface area contributed by atoms with Gasteiger partial charge in [0.2, 0.25) is 0 Å². The van der Waals surface area contributed by atoms with Crippen molar-refractivity contribution >= 4 is 43.7 Å². The van der Waals surface area contributed by atoms with Gasteiger partial charge in [-0.2, -0.15) is 5.26 Å². The molecule has 3 heterocycles. The molecule has 0 N–H and O–H groups in total. The maximum atomic E-state index is 9.32. The third-order valence-corrected chi connectivity index (χ3v) is 7.69. The van der Waals surface area contributed by atoms with E-state index in [1.54, 1.807) is 0 Å². The number of benzene rings is 5. The lowest BCUT2D eigenvalue weighted by Gasteiger charge is -2.08. The van der Waals surface area contributed by atoms with Gasteiger partial charge in [0, 0.05) is 50.8 Å². The average molecular weight is 512 g/mol. The molecule has 0 unspecified atom stereocenters. The SMILES string of the molecule is N#Cc1cccc(-c2cncc(-c3ccc4oc5ccc(-n6c7ccccc7c7ccccc76)cc5c4c3)c2)c1. The normalized spacial score (nSPS) is 11.5. The van der Waals surface area contributed by atoms with Crippen molar-refractivity contribution < 1.29 is 4.42 Å². The third-order valence-electron chi connectivity index (χ3n) is 7.69. The van der Waals surface area contributed by atoms with Crippen LogP contribution in [0.2, 0.25) is 0 Å². The van der Waals surface area contributed by atoms with E-state index in [0.717, 1.165) is 49.9 Å². The van der Waals surface area contributed by atoms with E-state index >= 15 is 0 Å². The molecule has 186 valence electrons. The van der Waals surface area contributed by atoms with Crippen LogP contribution in [-0.4, -0.2) is 9.55 Å². The van der Waals surface area contributed by atoms with Crippen molar-refractivity contribution in [1.82, 2.24) is 9.55 Å². The summed E-state index contributed by atoms with van der Waals surface area (Å²) in [6.07, 6.45) is 3.72. The topological polar surface area (TPSA) is 54.8 Å². The number of nitrogens with zero attached hydrogens (tertiary/aromatic N) is 3. The molecule has 0 amide bonds. The second kappa shape index (κ2) is 8.69. The van der Waals surface area contributed by atoms with Crippen LogP contribution in [0.5, 0.6) is 0 Å². The summed E-state index contributed by atoms with van der Waals surface area (Å²) < 4.78 is 8.58. The smallest absolute Gasteiger partial charge is 0.135 e. The van der Waals surface area contributed by atoms with Gasteiger partial charge in [-0.3, -0.25) is 4.98 Å². The molecular formula is C36H21N3O. The van der Waals surface area contributed by atoms with E-state index in [2.05, 4.69) is 101 Å². The molecule has 0 aliphatic carbocycles. The Morgan fingerprint density at radius 1 is 0.550 bits per heavy atom. The van der Waals surface area contributed by atoms with Crippen LogP contribution in [0.4, 0.5) is 0 Å². The molecule has 0 radical (unpaired) electrons. The van der Waals surface area contributed by atoms with E-state index in [-0.39, 0.29) is 0 Å². The molecule has 4 heteroatoms. The first-order chi connectivity index (χ1) is 19.8. The number of hydrogen-bond donors (Lipinski definition) is 0. The van der Waals surface area contributed by atoms with Crippen molar-refractivity contribution in [3.8, 4) is 34.0 Å². The van der Waals surface area contributed by atoms with Crippen LogP contribution < -0.4 is 0 Å². The van der Waals surface area contributed by atoms with E-state index in [1.165, 1.54) is 21.8 Å². The maximum Gasteiger partial charge on any atom is 0.135 e. The Morgan fingerprint density at radius 2 is 1.20 bits per heavy atom. The Kier molecular flexibility index (Phi) is 4.85. The van der Waals surface area contributed by atoms with E-state index in [0.29, 0.717) is 5.56 Å². The quantitative estimate of drug-likeness (QED) is 0.237. The van der Waals surface area contributed by atoms with Gasteiger partial charge >= 0.3 is 0 Å². The summed E-state index contributed by atoms with van der Waals surface area (Å²) in [5, 5.41) is 13.9. The van der Waals surface area contributed by atoms with Crippen molar-refractivity contribution in [1.29, 1.82) is 5.26 Å². The number of nitriles is 1. The Hall–Kier alpha value is -5.66. The van der Waals surface area contributed by atoms with Crippen LogP contribution in [0, 0.1) is 11.3 Å². The second-order valence-corrected chi connectivity index (χ2v) is 10.0. The Labute approximate surface area is 230 Å². The van der Waals surface area contributed by atoms with Crippen molar-refractivity contribution in [2.45, 2.75) is 0 Å². The molecule has 0 saturated heterocycles. The maximum absolute atomic E-state index is 9.32. The standard InChI is InChI=1S/C36H21N3O/c37-20-23-6-5-7-24(16-23)26-17-27(22-38-21-26)25-12-14-35-31(18-25)32-19-28(13-15-36(32)40-35)39-33-10-3-1-8-29(33)30-9-2-4-11-34(30)39/h1-19,21-22H. The molecule has 0 spiro atoms. The van der Waals surface area contributed by atoms with Gasteiger partial charge in [0.25, 0.3) is 0 Å². The molecule has 5 aromatic carbocycles. The predicted molar refractivity (Wildman–Crippen MR) is 161 cm³/mol. The average Bonchev–Trinajstić information content (AvgIpc) is 3.56. The van der Waals surface area contributed by atoms with E-state index < -0.39 is 0 Å². The Bertz CT molecular complexity index is 2240. The summed E-state index contributed by atoms with van der Waals surface area (Å²) in [7, 11) is 0. The van der Waals surface area contributed by atoms with Gasteiger partial charge in [-0.25, -0.2) is 0 Å². The van der Waals surface area contributed by atoms with Crippen LogP contribution in [0.15, 0.2) is 132 Å². The van der Waals surface area contributed by atoms with Crippen molar-refractivity contribution in [3.05, 3.63) is 133 Å². The number of rotatable bonds is 3. The van der Waals surface area contributed by atoms with E-state index in [1.807, 2.05) is 42.7 Å². The summed E-state index contributed by atoms with van der Waals surface area (Å²) in [5.74, 6) is 0. The first kappa shape index (κ1) is 22.3. The van der Waals surface area contributed by atoms with Gasteiger partial charge in [0.05, 0.1) is 22.7 Å². The minimum atomic E-state index is 0.633. The Morgan fingerprint density at radius 3 is 1.93 bits per heavy atom. The molecular weight excluding hydrogens is 490 g/mol. The van der Waals surface area contributed by atoms with Crippen LogP contribution >= 0.6 is 0 Å². The fourth-order valence-corrected chi connectivity index (χ4v) is 5.81. The monoisotopic (exact) mass is 511 g/mol. The molecule has 0 saturated carbocycles. The van der Waals surface area contributed by atoms with Crippen LogP contribution in [-0.2, 0) is 0 Å². The van der Waals surface area contributed by atoms with E-state index in [9.17, 15) is 5.26 Å². The number of pyridine rings is 1. The molecule has 0 fully saturated rings. The number of hydrogen-bond acceptors (Lipinski definition) is 3. The molecule has 8 aromatic rings. The fourth-order valence-electron chi connectivity index (χ4n) is 5.81. The molecule has 40 heavy (non-hydrogen) atoms. The highest BCUT2D eigenvalue weighted by Crippen LogP contribution is 2.37. The first-order valence-corrected chi connectivity index (χ1v) is 13.2. The van der Waals surface area contributed by atoms with Gasteiger partial charge in [0.15, 0.2) is 0 Å². The summed E-state index contributed by atoms with van der Waals surface area (Å²) >= 11 is 0. The molecule has 0 aliphatic rings. The summed E-state index contributed by atoms with van der Waals surface area (Å²) in [6.45, 7) is 0. The predicted octanol–water partition coefficient (Wildman–Crippen LogP) is 9.28. The lowest BCUT2D eigenvalue weighted by atomic mass is 9.99. The van der Waals surface area contributed by atoms with Crippen LogP contribution in [0.1, 0.15) is 5.56 Å². The molecule has 0 aliphatic heterocycles. The van der Waals surface area contributed by atoms with Crippen LogP contribution in [0.3, 0.4) is 0 Å². The zero-order valence-electron chi connectivity index (χ0n) is 21.4. The largest absolute Gasteiger partial charge is 0.456 e. The van der Waals surface area contributed by atoms with E-state index in [4.69, 9.17) is 4.42 Å². The highest BCUT2D eigenvalue weighted by atomic mass is 16.3. The highest BCUT2D eigenvalue weighted by Gasteiger charge is 2.15. The second-order valence-electron chi connectivity index (χ2n) is 10.0. The van der Waals surface area contributed by atoms with Gasteiger partial charge in [-0.05, 0) is 71.8 Å². The summed E-state index contributed by atoms with van der Waals surface area (Å²) in [5.41, 5.74) is 9.81. The van der Waals surface area contributed by atoms with Crippen LogP contribution in [0.25, 0.3) is 71.7 Å². The molecule has 0 atom stereocenters. The van der Waals surface area contributed by atoms with Crippen molar-refractivity contribution in [3.63, 3.8) is 0 Å². The number of fused-ring (bicyclic) bond motifs is 6. The lowest BCUT2D eigenvalue weighted by molar-refractivity contribution is 0.669. The minimum absolute atomic E-state index is 0.633.